The molecule has 0 aliphatic carbocycles. The number of carboxylic acids is 1. The molecule has 2 aromatic rings. The molecule has 0 spiro atoms. The molecule has 2 nitrogen and oxygen atoms in total. The summed E-state index contributed by atoms with van der Waals surface area (Å²) in [4.78, 5) is 11.9. The first kappa shape index (κ1) is 16.3. The lowest BCUT2D eigenvalue weighted by Gasteiger charge is -2.20. The van der Waals surface area contributed by atoms with Gasteiger partial charge in [-0.3, -0.25) is 4.79 Å². The summed E-state index contributed by atoms with van der Waals surface area (Å²) in [7, 11) is 0. The maximum absolute atomic E-state index is 11.9. The number of hydrogen-bond acceptors (Lipinski definition) is 1. The standard InChI is InChI=1S/C20H24O2/c1-12-6-7-14(3)17(10-12)11-18(20(21)22)19-15(4)8-13(2)9-16(19)5/h6-10,18H,11H2,1-5H3,(H,21,22). The van der Waals surface area contributed by atoms with E-state index in [2.05, 4.69) is 30.3 Å². The minimum absolute atomic E-state index is 0.499. The molecule has 0 radical (unpaired) electrons. The van der Waals surface area contributed by atoms with Crippen LogP contribution >= 0.6 is 0 Å². The van der Waals surface area contributed by atoms with Gasteiger partial charge in [0, 0.05) is 0 Å². The lowest BCUT2D eigenvalue weighted by atomic mass is 9.84. The highest BCUT2D eigenvalue weighted by atomic mass is 16.4. The van der Waals surface area contributed by atoms with Gasteiger partial charge < -0.3 is 5.11 Å². The molecule has 0 amide bonds. The van der Waals surface area contributed by atoms with Crippen LogP contribution in [0.1, 0.15) is 44.9 Å². The summed E-state index contributed by atoms with van der Waals surface area (Å²) in [5, 5.41) is 9.77. The van der Waals surface area contributed by atoms with E-state index in [-0.39, 0.29) is 0 Å². The first-order valence-electron chi connectivity index (χ1n) is 7.66. The van der Waals surface area contributed by atoms with Gasteiger partial charge in [0.25, 0.3) is 0 Å². The van der Waals surface area contributed by atoms with E-state index in [0.717, 1.165) is 27.8 Å². The van der Waals surface area contributed by atoms with Crippen molar-refractivity contribution in [2.75, 3.05) is 0 Å². The van der Waals surface area contributed by atoms with Crippen LogP contribution in [0.5, 0.6) is 0 Å². The molecule has 0 heterocycles. The maximum atomic E-state index is 11.9. The molecule has 0 aliphatic rings. The van der Waals surface area contributed by atoms with E-state index in [1.54, 1.807) is 0 Å². The molecule has 2 rings (SSSR count). The lowest BCUT2D eigenvalue weighted by molar-refractivity contribution is -0.138. The second kappa shape index (κ2) is 6.35. The Hall–Kier alpha value is -2.09. The fraction of sp³-hybridized carbons (Fsp3) is 0.350. The van der Waals surface area contributed by atoms with Crippen molar-refractivity contribution in [3.8, 4) is 0 Å². The Bertz CT molecular complexity index is 691. The zero-order chi connectivity index (χ0) is 16.4. The zero-order valence-electron chi connectivity index (χ0n) is 14.0. The number of hydrogen-bond donors (Lipinski definition) is 1. The Morgan fingerprint density at radius 1 is 0.909 bits per heavy atom. The predicted octanol–water partition coefficient (Wildman–Crippen LogP) is 4.64. The van der Waals surface area contributed by atoms with Crippen molar-refractivity contribution in [3.63, 3.8) is 0 Å². The molecule has 0 bridgehead atoms. The van der Waals surface area contributed by atoms with Crippen molar-refractivity contribution in [2.45, 2.75) is 47.0 Å². The van der Waals surface area contributed by atoms with Gasteiger partial charge >= 0.3 is 5.97 Å². The van der Waals surface area contributed by atoms with E-state index in [1.807, 2.05) is 34.6 Å². The number of aryl methyl sites for hydroxylation is 5. The number of carbonyl (C=O) groups is 1. The molecule has 2 aromatic carbocycles. The summed E-state index contributed by atoms with van der Waals surface area (Å²) in [6.45, 7) is 10.1. The van der Waals surface area contributed by atoms with E-state index in [1.165, 1.54) is 11.1 Å². The number of benzene rings is 2. The molecular weight excluding hydrogens is 272 g/mol. The van der Waals surface area contributed by atoms with E-state index in [0.29, 0.717) is 6.42 Å². The highest BCUT2D eigenvalue weighted by Crippen LogP contribution is 2.29. The fourth-order valence-corrected chi connectivity index (χ4v) is 3.29. The summed E-state index contributed by atoms with van der Waals surface area (Å²) in [5.74, 6) is -1.25. The highest BCUT2D eigenvalue weighted by molar-refractivity contribution is 5.78. The Kier molecular flexibility index (Phi) is 4.70. The fourth-order valence-electron chi connectivity index (χ4n) is 3.29. The van der Waals surface area contributed by atoms with Crippen LogP contribution in [0.25, 0.3) is 0 Å². The molecule has 1 N–H and O–H groups in total. The van der Waals surface area contributed by atoms with Gasteiger partial charge in [0.05, 0.1) is 5.92 Å². The maximum Gasteiger partial charge on any atom is 0.311 e. The van der Waals surface area contributed by atoms with Crippen LogP contribution in [0.2, 0.25) is 0 Å². The van der Waals surface area contributed by atoms with Crippen molar-refractivity contribution in [1.29, 1.82) is 0 Å². The minimum atomic E-state index is -0.754. The smallest absolute Gasteiger partial charge is 0.311 e. The SMILES string of the molecule is Cc1cc(C)c(C(Cc2cc(C)ccc2C)C(=O)O)c(C)c1. The Morgan fingerprint density at radius 2 is 1.50 bits per heavy atom. The van der Waals surface area contributed by atoms with Crippen molar-refractivity contribution in [2.24, 2.45) is 0 Å². The molecule has 1 atom stereocenters. The summed E-state index contributed by atoms with van der Waals surface area (Å²) in [6, 6.07) is 10.4. The van der Waals surface area contributed by atoms with Crippen LogP contribution in [0, 0.1) is 34.6 Å². The summed E-state index contributed by atoms with van der Waals surface area (Å²) in [5.41, 5.74) is 7.70. The lowest BCUT2D eigenvalue weighted by Crippen LogP contribution is -2.17. The summed E-state index contributed by atoms with van der Waals surface area (Å²) in [6.07, 6.45) is 0.535. The van der Waals surface area contributed by atoms with Crippen molar-refractivity contribution < 1.29 is 9.90 Å². The predicted molar refractivity (Wildman–Crippen MR) is 90.6 cm³/mol. The van der Waals surface area contributed by atoms with Crippen molar-refractivity contribution in [3.05, 3.63) is 69.3 Å². The van der Waals surface area contributed by atoms with Crippen LogP contribution in [0.3, 0.4) is 0 Å². The molecule has 0 aromatic heterocycles. The van der Waals surface area contributed by atoms with Crippen molar-refractivity contribution in [1.82, 2.24) is 0 Å². The van der Waals surface area contributed by atoms with E-state index >= 15 is 0 Å². The highest BCUT2D eigenvalue weighted by Gasteiger charge is 2.24. The van der Waals surface area contributed by atoms with Crippen LogP contribution in [-0.2, 0) is 11.2 Å². The molecular formula is C20H24O2. The largest absolute Gasteiger partial charge is 0.481 e. The number of rotatable bonds is 4. The van der Waals surface area contributed by atoms with E-state index in [9.17, 15) is 9.90 Å². The Labute approximate surface area is 132 Å². The van der Waals surface area contributed by atoms with Gasteiger partial charge in [-0.25, -0.2) is 0 Å². The normalized spacial score (nSPS) is 12.2. The van der Waals surface area contributed by atoms with E-state index in [4.69, 9.17) is 0 Å². The van der Waals surface area contributed by atoms with E-state index < -0.39 is 11.9 Å². The third-order valence-corrected chi connectivity index (χ3v) is 4.31. The van der Waals surface area contributed by atoms with Crippen LogP contribution in [-0.4, -0.2) is 11.1 Å². The number of carboxylic acid groups (broad SMARTS) is 1. The molecule has 2 heteroatoms. The molecule has 0 fully saturated rings. The Balaban J connectivity index is 2.48. The summed E-state index contributed by atoms with van der Waals surface area (Å²) < 4.78 is 0. The zero-order valence-corrected chi connectivity index (χ0v) is 14.0. The van der Waals surface area contributed by atoms with Crippen LogP contribution in [0.4, 0.5) is 0 Å². The average molecular weight is 296 g/mol. The first-order chi connectivity index (χ1) is 10.3. The third-order valence-electron chi connectivity index (χ3n) is 4.31. The topological polar surface area (TPSA) is 37.3 Å². The van der Waals surface area contributed by atoms with Gasteiger partial charge in [-0.2, -0.15) is 0 Å². The molecule has 116 valence electrons. The molecule has 1 unspecified atom stereocenters. The second-order valence-corrected chi connectivity index (χ2v) is 6.34. The number of aliphatic carboxylic acids is 1. The van der Waals surface area contributed by atoms with Gasteiger partial charge in [-0.15, -0.1) is 0 Å². The van der Waals surface area contributed by atoms with Crippen molar-refractivity contribution >= 4 is 5.97 Å². The first-order valence-corrected chi connectivity index (χ1v) is 7.66. The molecule has 0 saturated heterocycles. The van der Waals surface area contributed by atoms with Gasteiger partial charge in [0.2, 0.25) is 0 Å². The van der Waals surface area contributed by atoms with Gasteiger partial charge in [-0.05, 0) is 68.9 Å². The average Bonchev–Trinajstić information content (AvgIpc) is 2.40. The van der Waals surface area contributed by atoms with Gasteiger partial charge in [0.15, 0.2) is 0 Å². The molecule has 22 heavy (non-hydrogen) atoms. The summed E-state index contributed by atoms with van der Waals surface area (Å²) >= 11 is 0. The minimum Gasteiger partial charge on any atom is -0.481 e. The quantitative estimate of drug-likeness (QED) is 0.892. The monoisotopic (exact) mass is 296 g/mol. The molecule has 0 aliphatic heterocycles. The van der Waals surface area contributed by atoms with Crippen LogP contribution < -0.4 is 0 Å². The van der Waals surface area contributed by atoms with Gasteiger partial charge in [0.1, 0.15) is 0 Å². The van der Waals surface area contributed by atoms with Crippen LogP contribution in [0.15, 0.2) is 30.3 Å². The molecule has 0 saturated carbocycles. The van der Waals surface area contributed by atoms with Gasteiger partial charge in [-0.1, -0.05) is 41.5 Å². The Morgan fingerprint density at radius 3 is 2.05 bits per heavy atom. The second-order valence-electron chi connectivity index (χ2n) is 6.34. The third kappa shape index (κ3) is 3.38.